The normalized spacial score (nSPS) is 18.5. The number of benzene rings is 1. The Bertz CT molecular complexity index is 583. The smallest absolute Gasteiger partial charge is 0.240 e. The maximum atomic E-state index is 12.3. The number of nitrogens with zero attached hydrogens (tertiary/aromatic N) is 1. The van der Waals surface area contributed by atoms with E-state index in [0.29, 0.717) is 6.54 Å². The maximum absolute atomic E-state index is 12.3. The lowest BCUT2D eigenvalue weighted by Gasteiger charge is -2.29. The van der Waals surface area contributed by atoms with Gasteiger partial charge in [0.15, 0.2) is 0 Å². The molecule has 0 radical (unpaired) electrons. The summed E-state index contributed by atoms with van der Waals surface area (Å²) in [5.74, 6) is -0.115. The highest BCUT2D eigenvalue weighted by Crippen LogP contribution is 2.23. The van der Waals surface area contributed by atoms with Crippen LogP contribution in [-0.4, -0.2) is 44.1 Å². The Labute approximate surface area is 126 Å². The zero-order valence-electron chi connectivity index (χ0n) is 12.2. The van der Waals surface area contributed by atoms with Crippen LogP contribution in [0.1, 0.15) is 26.2 Å². The molecule has 2 rings (SSSR count). The molecule has 1 aromatic carbocycles. The quantitative estimate of drug-likeness (QED) is 0.559. The number of hydrogen-bond donors (Lipinski definition) is 3. The summed E-state index contributed by atoms with van der Waals surface area (Å²) >= 11 is 0. The molecule has 118 valence electrons. The first-order valence-electron chi connectivity index (χ1n) is 7.21. The summed E-state index contributed by atoms with van der Waals surface area (Å²) < 4.78 is 27.2. The molecule has 0 saturated carbocycles. The van der Waals surface area contributed by atoms with E-state index >= 15 is 0 Å². The Morgan fingerprint density at radius 1 is 1.33 bits per heavy atom. The van der Waals surface area contributed by atoms with E-state index in [1.54, 1.807) is 0 Å². The third-order valence-corrected chi connectivity index (χ3v) is 5.23. The third kappa shape index (κ3) is 4.33. The topological polar surface area (TPSA) is 95.7 Å². The molecule has 1 aliphatic heterocycles. The van der Waals surface area contributed by atoms with E-state index in [1.165, 1.54) is 37.5 Å². The van der Waals surface area contributed by atoms with Gasteiger partial charge >= 0.3 is 0 Å². The van der Waals surface area contributed by atoms with Crippen molar-refractivity contribution < 1.29 is 13.5 Å². The fourth-order valence-corrected chi connectivity index (χ4v) is 3.87. The average molecular weight is 313 g/mol. The molecule has 1 atom stereocenters. The second-order valence-corrected chi connectivity index (χ2v) is 7.32. The van der Waals surface area contributed by atoms with Crippen LogP contribution in [0.2, 0.25) is 0 Å². The van der Waals surface area contributed by atoms with Crippen molar-refractivity contribution in [1.82, 2.24) is 9.62 Å². The Kier molecular flexibility index (Phi) is 5.08. The van der Waals surface area contributed by atoms with E-state index in [-0.39, 0.29) is 22.4 Å². The number of sulfonamides is 1. The molecular weight excluding hydrogens is 290 g/mol. The zero-order chi connectivity index (χ0) is 15.5. The van der Waals surface area contributed by atoms with Crippen LogP contribution in [0.3, 0.4) is 0 Å². The second kappa shape index (κ2) is 6.64. The minimum atomic E-state index is -3.62. The van der Waals surface area contributed by atoms with E-state index in [2.05, 4.69) is 9.62 Å². The van der Waals surface area contributed by atoms with Crippen LogP contribution in [0.25, 0.3) is 0 Å². The zero-order valence-corrected chi connectivity index (χ0v) is 13.1. The summed E-state index contributed by atoms with van der Waals surface area (Å²) in [4.78, 5) is 2.35. The third-order valence-electron chi connectivity index (χ3n) is 3.65. The molecule has 1 aliphatic rings. The van der Waals surface area contributed by atoms with E-state index < -0.39 is 10.0 Å². The lowest BCUT2D eigenvalue weighted by atomic mass is 10.1. The number of piperidine rings is 1. The van der Waals surface area contributed by atoms with Crippen molar-refractivity contribution >= 4 is 15.7 Å². The molecule has 1 saturated heterocycles. The number of hydrogen-bond acceptors (Lipinski definition) is 5. The van der Waals surface area contributed by atoms with Gasteiger partial charge in [0, 0.05) is 12.6 Å². The molecule has 6 nitrogen and oxygen atoms in total. The van der Waals surface area contributed by atoms with Crippen molar-refractivity contribution in [3.63, 3.8) is 0 Å². The molecule has 7 heteroatoms. The Morgan fingerprint density at radius 3 is 2.62 bits per heavy atom. The summed E-state index contributed by atoms with van der Waals surface area (Å²) in [6.07, 6.45) is 3.60. The van der Waals surface area contributed by atoms with E-state index in [9.17, 15) is 13.5 Å². The molecule has 0 aliphatic carbocycles. The van der Waals surface area contributed by atoms with Crippen LogP contribution in [0.5, 0.6) is 5.75 Å². The number of nitrogen functional groups attached to an aromatic ring is 1. The first-order chi connectivity index (χ1) is 9.88. The van der Waals surface area contributed by atoms with Crippen molar-refractivity contribution in [1.29, 1.82) is 0 Å². The molecule has 1 aromatic rings. The minimum Gasteiger partial charge on any atom is -0.506 e. The van der Waals surface area contributed by atoms with Crippen molar-refractivity contribution in [3.05, 3.63) is 18.2 Å². The Hall–Kier alpha value is -1.31. The molecule has 0 amide bonds. The summed E-state index contributed by atoms with van der Waals surface area (Å²) in [7, 11) is -3.62. The summed E-state index contributed by atoms with van der Waals surface area (Å²) in [5, 5.41) is 9.36. The molecule has 1 fully saturated rings. The summed E-state index contributed by atoms with van der Waals surface area (Å²) in [6, 6.07) is 3.73. The van der Waals surface area contributed by atoms with Crippen molar-refractivity contribution in [3.8, 4) is 5.75 Å². The van der Waals surface area contributed by atoms with Crippen LogP contribution in [0.15, 0.2) is 23.1 Å². The van der Waals surface area contributed by atoms with Gasteiger partial charge in [-0.15, -0.1) is 0 Å². The predicted octanol–water partition coefficient (Wildman–Crippen LogP) is 1.13. The number of phenols is 1. The second-order valence-electron chi connectivity index (χ2n) is 5.60. The minimum absolute atomic E-state index is 0.0570. The number of likely N-dealkylation sites (tertiary alicyclic amines) is 1. The van der Waals surface area contributed by atoms with Crippen molar-refractivity contribution in [2.24, 2.45) is 0 Å². The van der Waals surface area contributed by atoms with E-state index in [4.69, 9.17) is 5.73 Å². The van der Waals surface area contributed by atoms with Crippen LogP contribution < -0.4 is 10.5 Å². The molecular formula is C14H23N3O3S. The highest BCUT2D eigenvalue weighted by molar-refractivity contribution is 7.89. The fourth-order valence-electron chi connectivity index (χ4n) is 2.60. The number of aromatic hydroxyl groups is 1. The monoisotopic (exact) mass is 313 g/mol. The van der Waals surface area contributed by atoms with Crippen LogP contribution >= 0.6 is 0 Å². The Balaban J connectivity index is 2.00. The average Bonchev–Trinajstić information content (AvgIpc) is 2.42. The predicted molar refractivity (Wildman–Crippen MR) is 82.6 cm³/mol. The van der Waals surface area contributed by atoms with Crippen molar-refractivity contribution in [2.75, 3.05) is 25.4 Å². The standard InChI is InChI=1S/C14H23N3O3S/c1-11(10-17-7-3-2-4-8-17)16-21(19,20)12-5-6-14(18)13(15)9-12/h5-6,9,11,16,18H,2-4,7-8,10,15H2,1H3. The lowest BCUT2D eigenvalue weighted by molar-refractivity contribution is 0.215. The summed E-state index contributed by atoms with van der Waals surface area (Å²) in [6.45, 7) is 4.61. The number of rotatable bonds is 5. The van der Waals surface area contributed by atoms with Gasteiger partial charge in [-0.25, -0.2) is 13.1 Å². The van der Waals surface area contributed by atoms with Gasteiger partial charge in [-0.05, 0) is 51.1 Å². The number of nitrogens with one attached hydrogen (secondary N) is 1. The number of nitrogens with two attached hydrogens (primary N) is 1. The lowest BCUT2D eigenvalue weighted by Crippen LogP contribution is -2.43. The molecule has 0 aromatic heterocycles. The van der Waals surface area contributed by atoms with Gasteiger partial charge in [0.05, 0.1) is 10.6 Å². The largest absolute Gasteiger partial charge is 0.506 e. The van der Waals surface area contributed by atoms with Gasteiger partial charge in [-0.1, -0.05) is 6.42 Å². The SMILES string of the molecule is CC(CN1CCCCC1)NS(=O)(=O)c1ccc(O)c(N)c1. The molecule has 0 bridgehead atoms. The number of anilines is 1. The Morgan fingerprint density at radius 2 is 2.00 bits per heavy atom. The molecule has 21 heavy (non-hydrogen) atoms. The highest BCUT2D eigenvalue weighted by Gasteiger charge is 2.20. The van der Waals surface area contributed by atoms with Gasteiger partial charge < -0.3 is 15.7 Å². The molecule has 4 N–H and O–H groups in total. The fraction of sp³-hybridized carbons (Fsp3) is 0.571. The first-order valence-corrected chi connectivity index (χ1v) is 8.70. The van der Waals surface area contributed by atoms with Gasteiger partial charge in [0.2, 0.25) is 10.0 Å². The van der Waals surface area contributed by atoms with Crippen molar-refractivity contribution in [2.45, 2.75) is 37.1 Å². The van der Waals surface area contributed by atoms with E-state index in [0.717, 1.165) is 13.1 Å². The van der Waals surface area contributed by atoms with E-state index in [1.807, 2.05) is 6.92 Å². The summed E-state index contributed by atoms with van der Waals surface area (Å²) in [5.41, 5.74) is 5.60. The molecule has 1 heterocycles. The van der Waals surface area contributed by atoms with Gasteiger partial charge in [-0.2, -0.15) is 0 Å². The number of phenolic OH excluding ortho intramolecular Hbond substituents is 1. The molecule has 1 unspecified atom stereocenters. The van der Waals surface area contributed by atoms with Crippen LogP contribution in [0.4, 0.5) is 5.69 Å². The first kappa shape index (κ1) is 16.1. The van der Waals surface area contributed by atoms with Gasteiger partial charge in [-0.3, -0.25) is 0 Å². The highest BCUT2D eigenvalue weighted by atomic mass is 32.2. The van der Waals surface area contributed by atoms with Crippen LogP contribution in [0, 0.1) is 0 Å². The van der Waals surface area contributed by atoms with Gasteiger partial charge in [0.1, 0.15) is 5.75 Å². The van der Waals surface area contributed by atoms with Gasteiger partial charge in [0.25, 0.3) is 0 Å². The maximum Gasteiger partial charge on any atom is 0.240 e. The van der Waals surface area contributed by atoms with Crippen LogP contribution in [-0.2, 0) is 10.0 Å². The molecule has 0 spiro atoms.